The summed E-state index contributed by atoms with van der Waals surface area (Å²) in [7, 11) is 2.97. The van der Waals surface area contributed by atoms with E-state index in [1.54, 1.807) is 19.2 Å². The van der Waals surface area contributed by atoms with Crippen LogP contribution in [0, 0.1) is 42.5 Å². The van der Waals surface area contributed by atoms with Crippen LogP contribution in [0.1, 0.15) is 22.3 Å². The molecule has 0 unspecified atom stereocenters. The molecule has 0 nitrogen and oxygen atoms in total. The molecule has 0 saturated carbocycles. The fraction of sp³-hybridized carbons (Fsp3) is 0.111. The Morgan fingerprint density at radius 3 is 1.07 bits per heavy atom. The van der Waals surface area contributed by atoms with Gasteiger partial charge in [0.1, 0.15) is 0 Å². The van der Waals surface area contributed by atoms with Gasteiger partial charge in [0.2, 0.25) is 0 Å². The van der Waals surface area contributed by atoms with Crippen LogP contribution in [0.3, 0.4) is 0 Å². The van der Waals surface area contributed by atoms with Gasteiger partial charge in [-0.1, -0.05) is 121 Å². The summed E-state index contributed by atoms with van der Waals surface area (Å²) in [5, 5.41) is 5.51. The molecule has 40 heavy (non-hydrogen) atoms. The molecule has 0 aliphatic heterocycles. The average Bonchev–Trinajstić information content (AvgIpc) is 3.59. The summed E-state index contributed by atoms with van der Waals surface area (Å²) in [5.41, 5.74) is 10.6. The molecule has 208 valence electrons. The van der Waals surface area contributed by atoms with Crippen molar-refractivity contribution in [3.8, 4) is 22.3 Å². The molecule has 0 spiro atoms. The quantitative estimate of drug-likeness (QED) is 0.134. The summed E-state index contributed by atoms with van der Waals surface area (Å²) in [6.07, 6.45) is 0. The molecule has 6 rings (SSSR count). The van der Waals surface area contributed by atoms with Crippen molar-refractivity contribution in [3.05, 3.63) is 146 Å². The minimum atomic E-state index is 0. The van der Waals surface area contributed by atoms with E-state index in [0.29, 0.717) is 0 Å². The first-order valence-corrected chi connectivity index (χ1v) is 15.0. The summed E-state index contributed by atoms with van der Waals surface area (Å²) >= 11 is 1.81. The van der Waals surface area contributed by atoms with E-state index in [1.807, 2.05) is 0 Å². The van der Waals surface area contributed by atoms with Crippen LogP contribution in [0.15, 0.2) is 109 Å². The Morgan fingerprint density at radius 2 is 0.775 bits per heavy atom. The van der Waals surface area contributed by atoms with Crippen molar-refractivity contribution in [2.45, 2.75) is 27.7 Å². The predicted molar refractivity (Wildman–Crippen MR) is 182 cm³/mol. The van der Waals surface area contributed by atoms with Crippen molar-refractivity contribution in [1.29, 1.82) is 0 Å². The molecule has 0 aliphatic carbocycles. The van der Waals surface area contributed by atoms with Crippen LogP contribution in [-0.2, 0) is 19.2 Å². The molecule has 0 bridgehead atoms. The third-order valence-corrected chi connectivity index (χ3v) is 6.86. The molecule has 0 aromatic heterocycles. The second-order valence-electron chi connectivity index (χ2n) is 9.27. The fourth-order valence-corrected chi connectivity index (χ4v) is 4.78. The molecule has 6 aromatic rings. The first-order chi connectivity index (χ1) is 17.5. The molecule has 0 fully saturated rings. The van der Waals surface area contributed by atoms with Gasteiger partial charge < -0.3 is 14.9 Å². The maximum atomic E-state index is 2.97. The number of rotatable bonds is 2. The Kier molecular flexibility index (Phi) is 16.4. The van der Waals surface area contributed by atoms with Gasteiger partial charge in [-0.3, -0.25) is 0 Å². The zero-order valence-electron chi connectivity index (χ0n) is 24.2. The Balaban J connectivity index is 0.000000655. The van der Waals surface area contributed by atoms with E-state index in [9.17, 15) is 0 Å². The van der Waals surface area contributed by atoms with Crippen molar-refractivity contribution >= 4 is 54.0 Å². The van der Waals surface area contributed by atoms with E-state index in [0.717, 1.165) is 0 Å². The summed E-state index contributed by atoms with van der Waals surface area (Å²) < 4.78 is 0. The fourth-order valence-electron chi connectivity index (χ4n) is 4.78. The average molecular weight is 618 g/mol. The summed E-state index contributed by atoms with van der Waals surface area (Å²) in [5.74, 6) is 0. The van der Waals surface area contributed by atoms with Gasteiger partial charge in [0.15, 0.2) is 0 Å². The molecule has 0 saturated heterocycles. The molecule has 0 amide bonds. The molecular formula is C36H38Cl2SiTi-4. The van der Waals surface area contributed by atoms with Gasteiger partial charge in [0.05, 0.1) is 0 Å². The molecule has 0 aliphatic rings. The number of aryl methyl sites for hydroxylation is 4. The van der Waals surface area contributed by atoms with Crippen molar-refractivity contribution < 1.29 is 19.2 Å². The third kappa shape index (κ3) is 8.32. The van der Waals surface area contributed by atoms with Crippen molar-refractivity contribution in [2.75, 3.05) is 0 Å². The van der Waals surface area contributed by atoms with Gasteiger partial charge in [-0.15, -0.1) is 92.9 Å². The van der Waals surface area contributed by atoms with Crippen LogP contribution < -0.4 is 0 Å². The van der Waals surface area contributed by atoms with E-state index in [2.05, 4.69) is 145 Å². The first-order valence-electron chi connectivity index (χ1n) is 12.2. The molecule has 2 radical (unpaired) electrons. The second-order valence-corrected chi connectivity index (χ2v) is 9.27. The van der Waals surface area contributed by atoms with Crippen LogP contribution >= 0.6 is 24.8 Å². The molecule has 0 atom stereocenters. The van der Waals surface area contributed by atoms with Crippen molar-refractivity contribution in [3.63, 3.8) is 0 Å². The van der Waals surface area contributed by atoms with Crippen LogP contribution in [-0.4, -0.2) is 7.63 Å². The van der Waals surface area contributed by atoms with Crippen LogP contribution in [0.2, 0.25) is 0 Å². The number of fused-ring (bicyclic) bond motifs is 2. The van der Waals surface area contributed by atoms with Crippen LogP contribution in [0.25, 0.3) is 43.8 Å². The van der Waals surface area contributed by atoms with E-state index < -0.39 is 0 Å². The monoisotopic (exact) mass is 616 g/mol. The van der Waals surface area contributed by atoms with E-state index >= 15 is 0 Å². The van der Waals surface area contributed by atoms with E-state index in [-0.39, 0.29) is 39.7 Å². The van der Waals surface area contributed by atoms with Crippen LogP contribution in [0.4, 0.5) is 0 Å². The zero-order chi connectivity index (χ0) is 25.7. The number of hydrogen-bond donors (Lipinski definition) is 0. The number of halogens is 2. The zero-order valence-corrected chi connectivity index (χ0v) is 28.4. The summed E-state index contributed by atoms with van der Waals surface area (Å²) in [4.78, 5) is 0. The second kappa shape index (κ2) is 17.4. The molecule has 0 heterocycles. The third-order valence-electron chi connectivity index (χ3n) is 6.86. The topological polar surface area (TPSA) is 0 Å². The van der Waals surface area contributed by atoms with Crippen LogP contribution in [0.5, 0.6) is 0 Å². The summed E-state index contributed by atoms with van der Waals surface area (Å²) in [6, 6.07) is 39.1. The SMILES string of the molecule is Cc1ccc(C)c2[cH-]c(-c3ccccc3)cc12.Cc1ccc(C)c2[cH-]c(-c3ccccc3)cc12.Cl.Cl.[CH3-].[CH3-].[Si]=[Ti]. The maximum absolute atomic E-state index is 2.97. The Bertz CT molecular complexity index is 1400. The van der Waals surface area contributed by atoms with Gasteiger partial charge in [-0.05, 0) is 13.8 Å². The van der Waals surface area contributed by atoms with Crippen molar-refractivity contribution in [2.24, 2.45) is 0 Å². The van der Waals surface area contributed by atoms with E-state index in [1.165, 1.54) is 66.1 Å². The molecule has 0 N–H and O–H groups in total. The Morgan fingerprint density at radius 1 is 0.475 bits per heavy atom. The van der Waals surface area contributed by atoms with Crippen molar-refractivity contribution in [1.82, 2.24) is 0 Å². The van der Waals surface area contributed by atoms with Gasteiger partial charge in [0, 0.05) is 0 Å². The predicted octanol–water partition coefficient (Wildman–Crippen LogP) is 11.0. The Labute approximate surface area is 267 Å². The number of hydrogen-bond acceptors (Lipinski definition) is 0. The standard InChI is InChI=1S/2C17H15.2CH3.2ClH.Si.Ti/c2*1-12-8-9-13(2)17-11-15(10-16(12)17)14-6-4-3-5-7-14;;;;;;/h2*3-11H,1-2H3;2*1H3;2*1H;;/q4*-1;;;;. The number of benzene rings is 4. The minimum absolute atomic E-state index is 0. The van der Waals surface area contributed by atoms with Gasteiger partial charge in [-0.25, -0.2) is 0 Å². The molecule has 6 aromatic carbocycles. The first kappa shape index (κ1) is 37.6. The normalized spacial score (nSPS) is 9.38. The van der Waals surface area contributed by atoms with Gasteiger partial charge >= 0.3 is 26.8 Å². The van der Waals surface area contributed by atoms with Gasteiger partial charge in [-0.2, -0.15) is 0 Å². The molecular weight excluding hydrogens is 579 g/mol. The molecule has 4 heteroatoms. The van der Waals surface area contributed by atoms with E-state index in [4.69, 9.17) is 0 Å². The Hall–Kier alpha value is -2.39. The van der Waals surface area contributed by atoms with Gasteiger partial charge in [0.25, 0.3) is 0 Å². The summed E-state index contributed by atoms with van der Waals surface area (Å²) in [6.45, 7) is 8.71.